The Bertz CT molecular complexity index is 1380. The number of piperidine rings is 1. The van der Waals surface area contributed by atoms with Crippen molar-refractivity contribution >= 4 is 34.1 Å². The van der Waals surface area contributed by atoms with Crippen molar-refractivity contribution < 1.29 is 9.18 Å². The second-order valence-corrected chi connectivity index (χ2v) is 8.54. The fourth-order valence-electron chi connectivity index (χ4n) is 4.63. The Morgan fingerprint density at radius 1 is 1.18 bits per heavy atom. The lowest BCUT2D eigenvalue weighted by Gasteiger charge is -2.23. The van der Waals surface area contributed by atoms with Crippen molar-refractivity contribution in [1.82, 2.24) is 20.1 Å². The van der Waals surface area contributed by atoms with Gasteiger partial charge in [-0.3, -0.25) is 9.58 Å². The van der Waals surface area contributed by atoms with Crippen LogP contribution in [0.25, 0.3) is 22.2 Å². The number of carbonyl (C=O) groups is 1. The fraction of sp³-hybridized carbons (Fsp3) is 0.240. The first-order valence-electron chi connectivity index (χ1n) is 11.2. The van der Waals surface area contributed by atoms with Crippen LogP contribution in [-0.4, -0.2) is 33.9 Å². The topological polar surface area (TPSA) is 115 Å². The molecule has 5 N–H and O–H groups in total. The summed E-state index contributed by atoms with van der Waals surface area (Å²) in [5.41, 5.74) is 15.3. The van der Waals surface area contributed by atoms with Gasteiger partial charge in [-0.1, -0.05) is 18.2 Å². The van der Waals surface area contributed by atoms with Gasteiger partial charge in [0.05, 0.1) is 28.3 Å². The fourth-order valence-corrected chi connectivity index (χ4v) is 4.63. The average Bonchev–Trinajstić information content (AvgIpc) is 3.22. The number of fused-ring (bicyclic) bond motifs is 1. The first-order valence-corrected chi connectivity index (χ1v) is 11.2. The molecule has 0 radical (unpaired) electrons. The highest BCUT2D eigenvalue weighted by Gasteiger charge is 2.24. The van der Waals surface area contributed by atoms with Gasteiger partial charge in [-0.15, -0.1) is 0 Å². The van der Waals surface area contributed by atoms with E-state index in [9.17, 15) is 4.79 Å². The summed E-state index contributed by atoms with van der Waals surface area (Å²) in [6.45, 7) is 3.71. The van der Waals surface area contributed by atoms with Crippen LogP contribution in [0.15, 0.2) is 54.7 Å². The Balaban J connectivity index is 1.61. The van der Waals surface area contributed by atoms with Gasteiger partial charge in [-0.05, 0) is 68.8 Å². The monoisotopic (exact) mass is 459 g/mol. The molecule has 5 rings (SSSR count). The number of primary amides is 1. The first kappa shape index (κ1) is 21.8. The maximum atomic E-state index is 15.5. The number of nitrogen functional groups attached to an aromatic ring is 1. The third-order valence-corrected chi connectivity index (χ3v) is 6.25. The maximum absolute atomic E-state index is 15.5. The molecule has 174 valence electrons. The van der Waals surface area contributed by atoms with Crippen molar-refractivity contribution in [3.8, 4) is 11.3 Å². The van der Waals surface area contributed by atoms with E-state index in [-0.39, 0.29) is 11.7 Å². The lowest BCUT2D eigenvalue weighted by molar-refractivity contribution is 0.256. The maximum Gasteiger partial charge on any atom is 0.323 e. The number of amides is 2. The van der Waals surface area contributed by atoms with Crippen LogP contribution in [0.5, 0.6) is 0 Å². The predicted molar refractivity (Wildman–Crippen MR) is 131 cm³/mol. The second-order valence-electron chi connectivity index (χ2n) is 8.54. The number of aromatic nitrogens is 3. The van der Waals surface area contributed by atoms with Crippen LogP contribution in [0.2, 0.25) is 0 Å². The molecule has 0 unspecified atom stereocenters. The molecule has 2 aromatic heterocycles. The number of nitrogens with two attached hydrogens (primary N) is 2. The number of carbonyl (C=O) groups excluding carboxylic acids is 1. The summed E-state index contributed by atoms with van der Waals surface area (Å²) in [6.07, 6.45) is 3.54. The smallest absolute Gasteiger partial charge is 0.323 e. The summed E-state index contributed by atoms with van der Waals surface area (Å²) in [6, 6.07) is 13.1. The van der Waals surface area contributed by atoms with Gasteiger partial charge in [0.15, 0.2) is 0 Å². The summed E-state index contributed by atoms with van der Waals surface area (Å²) in [5, 5.41) is 8.92. The second kappa shape index (κ2) is 8.75. The van der Waals surface area contributed by atoms with E-state index in [2.05, 4.69) is 10.3 Å². The molecule has 2 amide bonds. The summed E-state index contributed by atoms with van der Waals surface area (Å²) < 4.78 is 17.4. The molecule has 0 bridgehead atoms. The van der Waals surface area contributed by atoms with Gasteiger partial charge in [0.1, 0.15) is 17.3 Å². The van der Waals surface area contributed by atoms with E-state index >= 15 is 4.39 Å². The van der Waals surface area contributed by atoms with E-state index in [1.54, 1.807) is 36.5 Å². The van der Waals surface area contributed by atoms with Crippen LogP contribution < -0.4 is 21.7 Å². The Kier molecular flexibility index (Phi) is 5.62. The van der Waals surface area contributed by atoms with Crippen molar-refractivity contribution in [2.45, 2.75) is 25.8 Å². The highest BCUT2D eigenvalue weighted by atomic mass is 19.1. The number of benzene rings is 2. The van der Waals surface area contributed by atoms with Crippen LogP contribution in [0.4, 0.5) is 26.4 Å². The quantitative estimate of drug-likeness (QED) is 0.422. The minimum Gasteiger partial charge on any atom is -0.383 e. The SMILES string of the molecule is Cc1cccc(N(C(N)=O)c2ccc(-c3nn(C4CCNCC4)c4ccnc(N)c34)cc2F)c1. The molecular formula is C25H26FN7O. The van der Waals surface area contributed by atoms with E-state index in [0.29, 0.717) is 28.1 Å². The van der Waals surface area contributed by atoms with Crippen LogP contribution in [-0.2, 0) is 0 Å². The number of hydrogen-bond donors (Lipinski definition) is 3. The van der Waals surface area contributed by atoms with Crippen molar-refractivity contribution in [3.05, 3.63) is 66.1 Å². The molecule has 0 saturated carbocycles. The van der Waals surface area contributed by atoms with Crippen LogP contribution in [0, 0.1) is 12.7 Å². The Hall–Kier alpha value is -3.98. The van der Waals surface area contributed by atoms with Crippen molar-refractivity contribution in [1.29, 1.82) is 0 Å². The molecule has 1 aliphatic heterocycles. The van der Waals surface area contributed by atoms with Gasteiger partial charge in [-0.2, -0.15) is 5.10 Å². The van der Waals surface area contributed by atoms with Crippen LogP contribution in [0.1, 0.15) is 24.4 Å². The summed E-state index contributed by atoms with van der Waals surface area (Å²) in [4.78, 5) is 17.7. The van der Waals surface area contributed by atoms with E-state index in [4.69, 9.17) is 16.6 Å². The zero-order valence-electron chi connectivity index (χ0n) is 18.8. The molecule has 2 aromatic carbocycles. The highest BCUT2D eigenvalue weighted by Crippen LogP contribution is 2.37. The molecule has 1 saturated heterocycles. The molecule has 8 nitrogen and oxygen atoms in total. The predicted octanol–water partition coefficient (Wildman–Crippen LogP) is 4.27. The third-order valence-electron chi connectivity index (χ3n) is 6.25. The number of anilines is 3. The molecule has 0 aliphatic carbocycles. The zero-order valence-corrected chi connectivity index (χ0v) is 18.8. The molecule has 4 aromatic rings. The van der Waals surface area contributed by atoms with Crippen molar-refractivity contribution in [2.24, 2.45) is 5.73 Å². The summed E-state index contributed by atoms with van der Waals surface area (Å²) in [5.74, 6) is -0.250. The van der Waals surface area contributed by atoms with E-state index in [1.807, 2.05) is 23.7 Å². The molecular weight excluding hydrogens is 433 g/mol. The van der Waals surface area contributed by atoms with Crippen molar-refractivity contribution in [2.75, 3.05) is 23.7 Å². The highest BCUT2D eigenvalue weighted by molar-refractivity contribution is 6.01. The number of hydrogen-bond acceptors (Lipinski definition) is 5. The van der Waals surface area contributed by atoms with Gasteiger partial charge < -0.3 is 16.8 Å². The van der Waals surface area contributed by atoms with Crippen LogP contribution in [0.3, 0.4) is 0 Å². The third kappa shape index (κ3) is 3.84. The van der Waals surface area contributed by atoms with Crippen molar-refractivity contribution in [3.63, 3.8) is 0 Å². The van der Waals surface area contributed by atoms with Gasteiger partial charge in [0, 0.05) is 11.8 Å². The molecule has 9 heteroatoms. The molecule has 34 heavy (non-hydrogen) atoms. The van der Waals surface area contributed by atoms with Gasteiger partial charge >= 0.3 is 6.03 Å². The Morgan fingerprint density at radius 3 is 2.68 bits per heavy atom. The lowest BCUT2D eigenvalue weighted by atomic mass is 10.1. The molecule has 1 fully saturated rings. The van der Waals surface area contributed by atoms with Gasteiger partial charge in [-0.25, -0.2) is 14.2 Å². The van der Waals surface area contributed by atoms with Crippen LogP contribution >= 0.6 is 0 Å². The number of pyridine rings is 1. The molecule has 3 heterocycles. The number of nitrogens with one attached hydrogen (secondary N) is 1. The normalized spacial score (nSPS) is 14.4. The van der Waals surface area contributed by atoms with Gasteiger partial charge in [0.25, 0.3) is 0 Å². The number of urea groups is 1. The largest absolute Gasteiger partial charge is 0.383 e. The summed E-state index contributed by atoms with van der Waals surface area (Å²) in [7, 11) is 0. The van der Waals surface area contributed by atoms with E-state index in [1.165, 1.54) is 6.07 Å². The van der Waals surface area contributed by atoms with E-state index < -0.39 is 11.8 Å². The first-order chi connectivity index (χ1) is 16.4. The molecule has 0 atom stereocenters. The summed E-state index contributed by atoms with van der Waals surface area (Å²) >= 11 is 0. The standard InChI is InChI=1S/C25H26FN7O/c1-15-3-2-4-18(13-15)32(25(28)34)20-6-5-16(14-19(20)26)23-22-21(9-12-30-24(22)27)33(31-23)17-7-10-29-11-8-17/h2-6,9,12-14,17,29H,7-8,10-11H2,1H3,(H2,27,30)(H2,28,34). The zero-order chi connectivity index (χ0) is 23.8. The minimum absolute atomic E-state index is 0.0649. The van der Waals surface area contributed by atoms with E-state index in [0.717, 1.165) is 41.9 Å². The molecule has 1 aliphatic rings. The number of aryl methyl sites for hydroxylation is 1. The van der Waals surface area contributed by atoms with Gasteiger partial charge in [0.2, 0.25) is 0 Å². The number of halogens is 1. The number of nitrogens with zero attached hydrogens (tertiary/aromatic N) is 4. The Morgan fingerprint density at radius 2 is 1.97 bits per heavy atom. The average molecular weight is 460 g/mol. The lowest BCUT2D eigenvalue weighted by Crippen LogP contribution is -2.32. The number of rotatable bonds is 4. The Labute approximate surface area is 196 Å². The molecule has 0 spiro atoms. The minimum atomic E-state index is -0.772.